The summed E-state index contributed by atoms with van der Waals surface area (Å²) in [7, 11) is 0. The van der Waals surface area contributed by atoms with Crippen molar-refractivity contribution in [2.45, 2.75) is 26.4 Å². The molecule has 3 aromatic rings. The number of nitrogens with zero attached hydrogens (tertiary/aromatic N) is 3. The third-order valence-electron chi connectivity index (χ3n) is 3.79. The van der Waals surface area contributed by atoms with Gasteiger partial charge in [-0.2, -0.15) is 0 Å². The van der Waals surface area contributed by atoms with Gasteiger partial charge in [0.05, 0.1) is 12.3 Å². The van der Waals surface area contributed by atoms with E-state index in [-0.39, 0.29) is 12.4 Å². The van der Waals surface area contributed by atoms with Crippen LogP contribution in [-0.2, 0) is 6.61 Å². The molecule has 0 amide bonds. The van der Waals surface area contributed by atoms with Gasteiger partial charge in [-0.05, 0) is 35.7 Å². The van der Waals surface area contributed by atoms with E-state index in [4.69, 9.17) is 0 Å². The molecule has 0 saturated carbocycles. The molecule has 23 heavy (non-hydrogen) atoms. The lowest BCUT2D eigenvalue weighted by Gasteiger charge is -2.10. The molecule has 0 saturated heterocycles. The largest absolute Gasteiger partial charge is 0.390 e. The lowest BCUT2D eigenvalue weighted by atomic mass is 10.0. The Morgan fingerprint density at radius 1 is 1.13 bits per heavy atom. The van der Waals surface area contributed by atoms with Crippen molar-refractivity contribution in [2.24, 2.45) is 0 Å². The maximum atomic E-state index is 13.6. The Hall–Kier alpha value is -2.53. The van der Waals surface area contributed by atoms with E-state index in [9.17, 15) is 9.50 Å². The maximum absolute atomic E-state index is 13.6. The van der Waals surface area contributed by atoms with Gasteiger partial charge < -0.3 is 5.11 Å². The predicted molar refractivity (Wildman–Crippen MR) is 86.8 cm³/mol. The van der Waals surface area contributed by atoms with Crippen molar-refractivity contribution >= 4 is 0 Å². The molecular weight excluding hydrogens is 293 g/mol. The van der Waals surface area contributed by atoms with Crippen molar-refractivity contribution in [3.8, 4) is 16.9 Å². The topological polar surface area (TPSA) is 50.9 Å². The van der Waals surface area contributed by atoms with E-state index >= 15 is 0 Å². The molecule has 0 bridgehead atoms. The summed E-state index contributed by atoms with van der Waals surface area (Å²) in [6.45, 7) is 4.01. The van der Waals surface area contributed by atoms with E-state index in [1.807, 2.05) is 24.3 Å². The summed E-state index contributed by atoms with van der Waals surface area (Å²) < 4.78 is 15.2. The molecule has 1 aromatic heterocycles. The standard InChI is InChI=1S/C18H18FN3O/c1-12(2)13-6-8-16(9-7-13)22-18(17(11-23)20-21-22)14-4-3-5-15(19)10-14/h3-10,12,23H,11H2,1-2H3. The van der Waals surface area contributed by atoms with Gasteiger partial charge in [-0.3, -0.25) is 0 Å². The van der Waals surface area contributed by atoms with Crippen LogP contribution in [0.25, 0.3) is 16.9 Å². The van der Waals surface area contributed by atoms with Crippen LogP contribution in [0, 0.1) is 5.82 Å². The summed E-state index contributed by atoms with van der Waals surface area (Å²) in [4.78, 5) is 0. The fraction of sp³-hybridized carbons (Fsp3) is 0.222. The molecule has 0 radical (unpaired) electrons. The number of benzene rings is 2. The van der Waals surface area contributed by atoms with Crippen LogP contribution in [-0.4, -0.2) is 20.1 Å². The van der Waals surface area contributed by atoms with Crippen molar-refractivity contribution in [1.82, 2.24) is 15.0 Å². The molecule has 0 unspecified atom stereocenters. The van der Waals surface area contributed by atoms with Gasteiger partial charge in [0.25, 0.3) is 0 Å². The Labute approximate surface area is 134 Å². The SMILES string of the molecule is CC(C)c1ccc(-n2nnc(CO)c2-c2cccc(F)c2)cc1. The molecule has 5 heteroatoms. The summed E-state index contributed by atoms with van der Waals surface area (Å²) in [5.74, 6) is 0.102. The Morgan fingerprint density at radius 2 is 1.87 bits per heavy atom. The van der Waals surface area contributed by atoms with Gasteiger partial charge in [0.15, 0.2) is 0 Å². The number of aliphatic hydroxyl groups excluding tert-OH is 1. The molecule has 4 nitrogen and oxygen atoms in total. The highest BCUT2D eigenvalue weighted by Gasteiger charge is 2.16. The first-order valence-electron chi connectivity index (χ1n) is 7.52. The molecule has 0 aliphatic rings. The van der Waals surface area contributed by atoms with Gasteiger partial charge in [0, 0.05) is 5.56 Å². The smallest absolute Gasteiger partial charge is 0.123 e. The van der Waals surface area contributed by atoms with Crippen LogP contribution in [0.5, 0.6) is 0 Å². The van der Waals surface area contributed by atoms with Crippen LogP contribution in [0.4, 0.5) is 4.39 Å². The Kier molecular flexibility index (Phi) is 4.21. The van der Waals surface area contributed by atoms with E-state index in [2.05, 4.69) is 24.2 Å². The first-order valence-corrected chi connectivity index (χ1v) is 7.52. The molecule has 0 aliphatic heterocycles. The van der Waals surface area contributed by atoms with Gasteiger partial charge in [-0.15, -0.1) is 5.10 Å². The predicted octanol–water partition coefficient (Wildman–Crippen LogP) is 3.69. The highest BCUT2D eigenvalue weighted by Crippen LogP contribution is 2.26. The second-order valence-corrected chi connectivity index (χ2v) is 5.71. The van der Waals surface area contributed by atoms with Crippen LogP contribution in [0.2, 0.25) is 0 Å². The van der Waals surface area contributed by atoms with E-state index in [0.717, 1.165) is 5.69 Å². The van der Waals surface area contributed by atoms with E-state index in [0.29, 0.717) is 22.9 Å². The van der Waals surface area contributed by atoms with Gasteiger partial charge in [0.2, 0.25) is 0 Å². The van der Waals surface area contributed by atoms with E-state index < -0.39 is 0 Å². The van der Waals surface area contributed by atoms with Gasteiger partial charge in [-0.1, -0.05) is 43.3 Å². The van der Waals surface area contributed by atoms with Crippen molar-refractivity contribution in [1.29, 1.82) is 0 Å². The van der Waals surface area contributed by atoms with Crippen LogP contribution in [0.15, 0.2) is 48.5 Å². The number of hydrogen-bond acceptors (Lipinski definition) is 3. The van der Waals surface area contributed by atoms with E-state index in [1.54, 1.807) is 16.8 Å². The molecule has 0 spiro atoms. The van der Waals surface area contributed by atoms with E-state index in [1.165, 1.54) is 17.7 Å². The molecular formula is C18H18FN3O. The van der Waals surface area contributed by atoms with Crippen LogP contribution < -0.4 is 0 Å². The zero-order chi connectivity index (χ0) is 16.4. The van der Waals surface area contributed by atoms with Crippen molar-refractivity contribution in [3.05, 3.63) is 65.6 Å². The number of aromatic nitrogens is 3. The second-order valence-electron chi connectivity index (χ2n) is 5.71. The van der Waals surface area contributed by atoms with Crippen molar-refractivity contribution < 1.29 is 9.50 Å². The molecule has 3 rings (SSSR count). The minimum absolute atomic E-state index is 0.254. The normalized spacial score (nSPS) is 11.2. The summed E-state index contributed by atoms with van der Waals surface area (Å²) in [6, 6.07) is 14.2. The monoisotopic (exact) mass is 311 g/mol. The molecule has 118 valence electrons. The minimum Gasteiger partial charge on any atom is -0.390 e. The average molecular weight is 311 g/mol. The summed E-state index contributed by atoms with van der Waals surface area (Å²) in [6.07, 6.45) is 0. The average Bonchev–Trinajstić information content (AvgIpc) is 2.99. The second kappa shape index (κ2) is 6.30. The van der Waals surface area contributed by atoms with Gasteiger partial charge in [0.1, 0.15) is 17.2 Å². The lowest BCUT2D eigenvalue weighted by molar-refractivity contribution is 0.277. The Morgan fingerprint density at radius 3 is 2.48 bits per heavy atom. The number of hydrogen-bond donors (Lipinski definition) is 1. The molecule has 0 fully saturated rings. The zero-order valence-electron chi connectivity index (χ0n) is 13.1. The van der Waals surface area contributed by atoms with Crippen molar-refractivity contribution in [2.75, 3.05) is 0 Å². The molecule has 0 aliphatic carbocycles. The zero-order valence-corrected chi connectivity index (χ0v) is 13.1. The molecule has 1 heterocycles. The fourth-order valence-electron chi connectivity index (χ4n) is 2.53. The van der Waals surface area contributed by atoms with Gasteiger partial charge >= 0.3 is 0 Å². The molecule has 0 atom stereocenters. The minimum atomic E-state index is -0.339. The molecule has 2 aromatic carbocycles. The maximum Gasteiger partial charge on any atom is 0.123 e. The van der Waals surface area contributed by atoms with Crippen LogP contribution in [0.1, 0.15) is 31.0 Å². The van der Waals surface area contributed by atoms with Crippen LogP contribution >= 0.6 is 0 Å². The Balaban J connectivity index is 2.11. The highest BCUT2D eigenvalue weighted by molar-refractivity contribution is 5.64. The summed E-state index contributed by atoms with van der Waals surface area (Å²) in [5.41, 5.74) is 3.70. The summed E-state index contributed by atoms with van der Waals surface area (Å²) in [5, 5.41) is 17.7. The highest BCUT2D eigenvalue weighted by atomic mass is 19.1. The van der Waals surface area contributed by atoms with Crippen LogP contribution in [0.3, 0.4) is 0 Å². The summed E-state index contributed by atoms with van der Waals surface area (Å²) >= 11 is 0. The first kappa shape index (κ1) is 15.4. The molecule has 1 N–H and O–H groups in total. The lowest BCUT2D eigenvalue weighted by Crippen LogP contribution is -2.01. The van der Waals surface area contributed by atoms with Gasteiger partial charge in [-0.25, -0.2) is 9.07 Å². The van der Waals surface area contributed by atoms with Crippen molar-refractivity contribution in [3.63, 3.8) is 0 Å². The Bertz CT molecular complexity index is 809. The quantitative estimate of drug-likeness (QED) is 0.799. The number of rotatable bonds is 4. The number of aliphatic hydroxyl groups is 1. The third-order valence-corrected chi connectivity index (χ3v) is 3.79. The number of halogens is 1. The third kappa shape index (κ3) is 3.00. The first-order chi connectivity index (χ1) is 11.1. The fourth-order valence-corrected chi connectivity index (χ4v) is 2.53.